The first kappa shape index (κ1) is 30.6. The van der Waals surface area contributed by atoms with Crippen LogP contribution in [-0.2, 0) is 16.1 Å². The van der Waals surface area contributed by atoms with E-state index >= 15 is 0 Å². The van der Waals surface area contributed by atoms with E-state index in [-0.39, 0.29) is 23.9 Å². The van der Waals surface area contributed by atoms with Gasteiger partial charge >= 0.3 is 6.09 Å². The van der Waals surface area contributed by atoms with E-state index < -0.39 is 5.60 Å². The smallest absolute Gasteiger partial charge is 0.410 e. The lowest BCUT2D eigenvalue weighted by molar-refractivity contribution is -0.0535. The van der Waals surface area contributed by atoms with E-state index in [1.807, 2.05) is 75.4 Å². The van der Waals surface area contributed by atoms with Gasteiger partial charge in [-0.1, -0.05) is 30.3 Å². The summed E-state index contributed by atoms with van der Waals surface area (Å²) in [5.74, 6) is 0.636. The molecule has 3 aromatic carbocycles. The molecule has 0 N–H and O–H groups in total. The third kappa shape index (κ3) is 7.65. The highest BCUT2D eigenvalue weighted by Crippen LogP contribution is 2.26. The van der Waals surface area contributed by atoms with Gasteiger partial charge in [-0.3, -0.25) is 9.36 Å². The molecular formula is C36H42N4O5. The molecule has 2 fully saturated rings. The van der Waals surface area contributed by atoms with Crippen LogP contribution in [0.1, 0.15) is 52.0 Å². The molecule has 9 nitrogen and oxygen atoms in total. The number of carbonyl (C=O) groups is 1. The summed E-state index contributed by atoms with van der Waals surface area (Å²) in [4.78, 5) is 34.5. The van der Waals surface area contributed by atoms with Gasteiger partial charge in [0.05, 0.1) is 28.8 Å². The zero-order chi connectivity index (χ0) is 31.4. The minimum Gasteiger partial charge on any atom is -0.489 e. The number of amides is 1. The molecular weight excluding hydrogens is 568 g/mol. The highest BCUT2D eigenvalue weighted by atomic mass is 16.6. The van der Waals surface area contributed by atoms with Crippen molar-refractivity contribution >= 4 is 22.7 Å². The highest BCUT2D eigenvalue weighted by Gasteiger charge is 2.29. The summed E-state index contributed by atoms with van der Waals surface area (Å²) in [7, 11) is 0. The average Bonchev–Trinajstić information content (AvgIpc) is 3.05. The lowest BCUT2D eigenvalue weighted by atomic mass is 10.0. The number of carbonyl (C=O) groups excluding carboxylic acids is 1. The van der Waals surface area contributed by atoms with Gasteiger partial charge in [0.2, 0.25) is 0 Å². The number of hydrogen-bond acceptors (Lipinski definition) is 7. The molecule has 2 aliphatic rings. The molecule has 45 heavy (non-hydrogen) atoms. The number of nitrogens with zero attached hydrogens (tertiary/aromatic N) is 4. The van der Waals surface area contributed by atoms with Crippen molar-refractivity contribution in [2.24, 2.45) is 0 Å². The molecule has 1 aromatic heterocycles. The Labute approximate surface area is 264 Å². The number of benzene rings is 3. The summed E-state index contributed by atoms with van der Waals surface area (Å²) in [5, 5.41) is 0.518. The van der Waals surface area contributed by atoms with Crippen LogP contribution in [0.2, 0.25) is 0 Å². The first-order valence-electron chi connectivity index (χ1n) is 15.9. The van der Waals surface area contributed by atoms with E-state index in [2.05, 4.69) is 22.0 Å². The zero-order valence-corrected chi connectivity index (χ0v) is 26.4. The third-order valence-electron chi connectivity index (χ3n) is 8.39. The van der Waals surface area contributed by atoms with E-state index in [9.17, 15) is 9.59 Å². The van der Waals surface area contributed by atoms with Crippen LogP contribution >= 0.6 is 0 Å². The van der Waals surface area contributed by atoms with Gasteiger partial charge in [0.1, 0.15) is 24.3 Å². The number of aromatic nitrogens is 2. The molecule has 1 amide bonds. The molecule has 2 saturated heterocycles. The molecule has 236 valence electrons. The van der Waals surface area contributed by atoms with E-state index in [0.717, 1.165) is 55.7 Å². The normalized spacial score (nSPS) is 16.6. The quantitative estimate of drug-likeness (QED) is 0.241. The van der Waals surface area contributed by atoms with Crippen molar-refractivity contribution in [2.45, 2.75) is 70.9 Å². The number of piperidine rings is 2. The van der Waals surface area contributed by atoms with Gasteiger partial charge in [0.15, 0.2) is 0 Å². The first-order valence-corrected chi connectivity index (χ1v) is 15.9. The molecule has 3 heterocycles. The van der Waals surface area contributed by atoms with Gasteiger partial charge in [0, 0.05) is 31.9 Å². The average molecular weight is 611 g/mol. The Kier molecular flexibility index (Phi) is 9.07. The van der Waals surface area contributed by atoms with Crippen molar-refractivity contribution in [3.05, 3.63) is 95.0 Å². The van der Waals surface area contributed by atoms with Crippen molar-refractivity contribution in [3.8, 4) is 11.4 Å². The molecule has 9 heteroatoms. The van der Waals surface area contributed by atoms with Crippen LogP contribution in [0, 0.1) is 0 Å². The highest BCUT2D eigenvalue weighted by molar-refractivity contribution is 5.79. The van der Waals surface area contributed by atoms with Crippen LogP contribution in [0.5, 0.6) is 5.75 Å². The number of anilines is 1. The minimum atomic E-state index is -0.479. The van der Waals surface area contributed by atoms with E-state index in [1.165, 1.54) is 0 Å². The largest absolute Gasteiger partial charge is 0.489 e. The number of fused-ring (bicyclic) bond motifs is 1. The maximum atomic E-state index is 13.5. The Balaban J connectivity index is 1.02. The third-order valence-corrected chi connectivity index (χ3v) is 8.39. The minimum absolute atomic E-state index is 0.132. The van der Waals surface area contributed by atoms with Crippen molar-refractivity contribution in [3.63, 3.8) is 0 Å². The maximum absolute atomic E-state index is 13.5. The Morgan fingerprint density at radius 3 is 2.16 bits per heavy atom. The topological polar surface area (TPSA) is 86.1 Å². The Hall–Kier alpha value is -4.37. The standard InChI is InChI=1S/C36H42N4O5/c1-36(2,3)45-35(42)39-21-17-30(18-22-39)44-29-15-19-38(20-16-29)27-9-11-28(12-10-27)40-25-37-33-14-13-31(23-32(33)34(40)41)43-24-26-7-5-4-6-8-26/h4-14,23,25,29-30H,15-22,24H2,1-3H3. The second kappa shape index (κ2) is 13.3. The van der Waals surface area contributed by atoms with Crippen LogP contribution in [0.15, 0.2) is 83.9 Å². The van der Waals surface area contributed by atoms with Crippen LogP contribution in [0.4, 0.5) is 10.5 Å². The van der Waals surface area contributed by atoms with Gasteiger partial charge < -0.3 is 24.0 Å². The molecule has 0 spiro atoms. The number of likely N-dealkylation sites (tertiary alicyclic amines) is 1. The van der Waals surface area contributed by atoms with Crippen molar-refractivity contribution in [1.29, 1.82) is 0 Å². The number of rotatable bonds is 7. The molecule has 0 bridgehead atoms. The molecule has 0 saturated carbocycles. The molecule has 4 aromatic rings. The van der Waals surface area contributed by atoms with Crippen LogP contribution < -0.4 is 15.2 Å². The molecule has 0 unspecified atom stereocenters. The van der Waals surface area contributed by atoms with Gasteiger partial charge in [-0.2, -0.15) is 0 Å². The fourth-order valence-corrected chi connectivity index (χ4v) is 5.96. The van der Waals surface area contributed by atoms with Gasteiger partial charge in [-0.25, -0.2) is 9.78 Å². The molecule has 2 aliphatic heterocycles. The van der Waals surface area contributed by atoms with Crippen molar-refractivity contribution in [2.75, 3.05) is 31.1 Å². The second-order valence-corrected chi connectivity index (χ2v) is 12.9. The van der Waals surface area contributed by atoms with Crippen LogP contribution in [0.3, 0.4) is 0 Å². The molecule has 6 rings (SSSR count). The Morgan fingerprint density at radius 2 is 1.49 bits per heavy atom. The SMILES string of the molecule is CC(C)(C)OC(=O)N1CCC(OC2CCN(c3ccc(-n4cnc5ccc(OCc6ccccc6)cc5c4=O)cc3)CC2)CC1. The van der Waals surface area contributed by atoms with Crippen molar-refractivity contribution in [1.82, 2.24) is 14.5 Å². The second-order valence-electron chi connectivity index (χ2n) is 12.9. The Bertz CT molecular complexity index is 1650. The maximum Gasteiger partial charge on any atom is 0.410 e. The lowest BCUT2D eigenvalue weighted by Crippen LogP contribution is -2.45. The fourth-order valence-electron chi connectivity index (χ4n) is 5.96. The molecule has 0 aliphatic carbocycles. The van der Waals surface area contributed by atoms with E-state index in [0.29, 0.717) is 36.3 Å². The molecule has 0 atom stereocenters. The van der Waals surface area contributed by atoms with Crippen LogP contribution in [0.25, 0.3) is 16.6 Å². The summed E-state index contributed by atoms with van der Waals surface area (Å²) < 4.78 is 19.5. The van der Waals surface area contributed by atoms with E-state index in [4.69, 9.17) is 14.2 Å². The summed E-state index contributed by atoms with van der Waals surface area (Å²) >= 11 is 0. The van der Waals surface area contributed by atoms with E-state index in [1.54, 1.807) is 21.9 Å². The predicted molar refractivity (Wildman–Crippen MR) is 175 cm³/mol. The first-order chi connectivity index (χ1) is 21.7. The molecule has 0 radical (unpaired) electrons. The number of hydrogen-bond donors (Lipinski definition) is 0. The van der Waals surface area contributed by atoms with Crippen molar-refractivity contribution < 1.29 is 19.0 Å². The van der Waals surface area contributed by atoms with Gasteiger partial charge in [0.25, 0.3) is 5.56 Å². The van der Waals surface area contributed by atoms with Gasteiger partial charge in [-0.05, 0) is 94.5 Å². The predicted octanol–water partition coefficient (Wildman–Crippen LogP) is 6.35. The number of ether oxygens (including phenoxy) is 3. The summed E-state index contributed by atoms with van der Waals surface area (Å²) in [6, 6.07) is 23.5. The fraction of sp³-hybridized carbons (Fsp3) is 0.417. The summed E-state index contributed by atoms with van der Waals surface area (Å²) in [6.07, 6.45) is 5.35. The summed E-state index contributed by atoms with van der Waals surface area (Å²) in [5.41, 5.74) is 2.99. The lowest BCUT2D eigenvalue weighted by Gasteiger charge is -2.38. The monoisotopic (exact) mass is 610 g/mol. The summed E-state index contributed by atoms with van der Waals surface area (Å²) in [6.45, 7) is 9.27. The van der Waals surface area contributed by atoms with Crippen LogP contribution in [-0.4, -0.2) is 64.5 Å². The van der Waals surface area contributed by atoms with Gasteiger partial charge in [-0.15, -0.1) is 0 Å². The Morgan fingerprint density at radius 1 is 0.844 bits per heavy atom. The zero-order valence-electron chi connectivity index (χ0n) is 26.4.